The lowest BCUT2D eigenvalue weighted by Crippen LogP contribution is -2.47. The molecule has 10 heteroatoms. The van der Waals surface area contributed by atoms with E-state index < -0.39 is 22.5 Å². The van der Waals surface area contributed by atoms with Crippen molar-refractivity contribution in [3.05, 3.63) is 74.0 Å². The minimum absolute atomic E-state index is 0.0414. The van der Waals surface area contributed by atoms with E-state index in [9.17, 15) is 28.3 Å². The summed E-state index contributed by atoms with van der Waals surface area (Å²) in [5.41, 5.74) is -2.28. The Morgan fingerprint density at radius 3 is 2.19 bits per heavy atom. The number of likely N-dealkylation sites (N-methyl/N-ethyl adjacent to an activating group) is 1. The third kappa shape index (κ3) is 3.92. The second-order valence-electron chi connectivity index (χ2n) is 7.58. The normalized spacial score (nSPS) is 14.5. The number of aromatic hydroxyl groups is 1. The monoisotopic (exact) mass is 442 g/mol. The summed E-state index contributed by atoms with van der Waals surface area (Å²) in [4.78, 5) is 40.6. The molecule has 3 N–H and O–H groups in total. The first-order valence-electron chi connectivity index (χ1n) is 9.88. The largest absolute Gasteiger partial charge is 0.505 e. The van der Waals surface area contributed by atoms with Gasteiger partial charge < -0.3 is 25.5 Å². The number of halogens is 2. The number of nitrogens with one attached hydrogen (secondary N) is 2. The maximum Gasteiger partial charge on any atom is 0.257 e. The number of benzene rings is 2. The molecule has 0 bridgehead atoms. The van der Waals surface area contributed by atoms with Crippen LogP contribution in [0.25, 0.3) is 0 Å². The molecule has 1 saturated heterocycles. The summed E-state index contributed by atoms with van der Waals surface area (Å²) in [5.74, 6) is -2.45. The van der Waals surface area contributed by atoms with Gasteiger partial charge in [-0.1, -0.05) is 6.07 Å². The molecular weight excluding hydrogens is 422 g/mol. The van der Waals surface area contributed by atoms with Gasteiger partial charge in [0.2, 0.25) is 0 Å². The fourth-order valence-corrected chi connectivity index (χ4v) is 3.49. The van der Waals surface area contributed by atoms with Gasteiger partial charge in [0.05, 0.1) is 16.9 Å². The van der Waals surface area contributed by atoms with E-state index in [4.69, 9.17) is 0 Å². The first-order valence-corrected chi connectivity index (χ1v) is 9.88. The number of para-hydroxylation sites is 1. The molecule has 0 spiro atoms. The van der Waals surface area contributed by atoms with Crippen LogP contribution in [0.5, 0.6) is 5.75 Å². The molecule has 1 heterocycles. The van der Waals surface area contributed by atoms with Gasteiger partial charge in [-0.05, 0) is 31.3 Å². The van der Waals surface area contributed by atoms with Gasteiger partial charge in [0.15, 0.2) is 5.75 Å². The molecule has 166 valence electrons. The van der Waals surface area contributed by atoms with Gasteiger partial charge in [-0.15, -0.1) is 0 Å². The van der Waals surface area contributed by atoms with Crippen LogP contribution in [0.1, 0.15) is 10.4 Å². The van der Waals surface area contributed by atoms with E-state index >= 15 is 0 Å². The maximum atomic E-state index is 13.9. The topological polar surface area (TPSA) is 102 Å². The molecule has 1 amide bonds. The van der Waals surface area contributed by atoms with Gasteiger partial charge in [0.25, 0.3) is 16.8 Å². The highest BCUT2D eigenvalue weighted by Crippen LogP contribution is 2.33. The molecule has 3 aromatic rings. The van der Waals surface area contributed by atoms with Crippen molar-refractivity contribution in [3.8, 4) is 5.75 Å². The average molecular weight is 442 g/mol. The molecule has 4 rings (SSSR count). The van der Waals surface area contributed by atoms with E-state index in [1.807, 2.05) is 7.05 Å². The molecule has 32 heavy (non-hydrogen) atoms. The van der Waals surface area contributed by atoms with Gasteiger partial charge >= 0.3 is 0 Å². The average Bonchev–Trinajstić information content (AvgIpc) is 2.78. The Hall–Kier alpha value is -3.79. The number of hydrogen-bond acceptors (Lipinski definition) is 7. The third-order valence-electron chi connectivity index (χ3n) is 5.42. The molecule has 1 aliphatic rings. The number of amides is 1. The molecule has 0 saturated carbocycles. The van der Waals surface area contributed by atoms with Crippen molar-refractivity contribution >= 4 is 28.7 Å². The summed E-state index contributed by atoms with van der Waals surface area (Å²) in [6.07, 6.45) is 0. The smallest absolute Gasteiger partial charge is 0.257 e. The maximum absolute atomic E-state index is 13.9. The first-order chi connectivity index (χ1) is 15.3. The zero-order valence-corrected chi connectivity index (χ0v) is 17.1. The number of anilines is 4. The highest BCUT2D eigenvalue weighted by Gasteiger charge is 2.26. The molecule has 0 atom stereocenters. The van der Waals surface area contributed by atoms with Crippen LogP contribution in [0.4, 0.5) is 31.5 Å². The lowest BCUT2D eigenvalue weighted by atomic mass is 10.1. The van der Waals surface area contributed by atoms with Crippen molar-refractivity contribution in [2.24, 2.45) is 0 Å². The summed E-state index contributed by atoms with van der Waals surface area (Å²) in [7, 11) is 1.96. The quantitative estimate of drug-likeness (QED) is 0.411. The van der Waals surface area contributed by atoms with Gasteiger partial charge in [-0.2, -0.15) is 0 Å². The first kappa shape index (κ1) is 21.4. The number of phenolic OH excluding ortho intramolecular Hbond substituents is 1. The Morgan fingerprint density at radius 1 is 0.938 bits per heavy atom. The van der Waals surface area contributed by atoms with Crippen LogP contribution in [-0.4, -0.2) is 54.0 Å². The molecule has 0 radical (unpaired) electrons. The van der Waals surface area contributed by atoms with E-state index in [0.29, 0.717) is 32.2 Å². The van der Waals surface area contributed by atoms with Crippen LogP contribution in [0.3, 0.4) is 0 Å². The van der Waals surface area contributed by atoms with Crippen molar-refractivity contribution in [2.75, 3.05) is 43.9 Å². The number of hydrogen-bond donors (Lipinski definition) is 3. The fourth-order valence-electron chi connectivity index (χ4n) is 3.49. The van der Waals surface area contributed by atoms with Crippen LogP contribution in [0.2, 0.25) is 0 Å². The molecule has 0 unspecified atom stereocenters. The van der Waals surface area contributed by atoms with E-state index in [-0.39, 0.29) is 40.0 Å². The SMILES string of the molecule is CN1CCN(C(=O)c2cccc(Nc3c(Nc4ccc(F)cc4F)c(=O)c3=O)c2O)CC1. The minimum atomic E-state index is -0.938. The van der Waals surface area contributed by atoms with Gasteiger partial charge in [0, 0.05) is 32.2 Å². The number of carbonyl (C=O) groups excluding carboxylic acids is 1. The number of phenols is 1. The van der Waals surface area contributed by atoms with E-state index in [0.717, 1.165) is 12.1 Å². The number of carbonyl (C=O) groups is 1. The predicted octanol–water partition coefficient (Wildman–Crippen LogP) is 2.14. The van der Waals surface area contributed by atoms with E-state index in [1.165, 1.54) is 18.2 Å². The Kier molecular flexibility index (Phi) is 5.62. The summed E-state index contributed by atoms with van der Waals surface area (Å²) < 4.78 is 27.0. The van der Waals surface area contributed by atoms with Crippen molar-refractivity contribution in [3.63, 3.8) is 0 Å². The van der Waals surface area contributed by atoms with Crippen molar-refractivity contribution in [1.82, 2.24) is 9.80 Å². The van der Waals surface area contributed by atoms with Gasteiger partial charge in [0.1, 0.15) is 23.0 Å². The lowest BCUT2D eigenvalue weighted by Gasteiger charge is -2.32. The Balaban J connectivity index is 1.59. The molecule has 1 fully saturated rings. The summed E-state index contributed by atoms with van der Waals surface area (Å²) in [6.45, 7) is 2.45. The summed E-state index contributed by atoms with van der Waals surface area (Å²) >= 11 is 0. The minimum Gasteiger partial charge on any atom is -0.505 e. The fraction of sp³-hybridized carbons (Fsp3) is 0.227. The number of nitrogens with zero attached hydrogens (tertiary/aromatic N) is 2. The standard InChI is InChI=1S/C22H20F2N4O4/c1-27-7-9-28(10-8-27)22(32)13-3-2-4-16(19(13)29)26-18-17(20(30)21(18)31)25-15-6-5-12(23)11-14(15)24/h2-6,11,25-26,29H,7-10H2,1H3. The molecule has 8 nitrogen and oxygen atoms in total. The number of rotatable bonds is 5. The summed E-state index contributed by atoms with van der Waals surface area (Å²) in [5, 5.41) is 15.8. The van der Waals surface area contributed by atoms with Crippen LogP contribution in [-0.2, 0) is 0 Å². The van der Waals surface area contributed by atoms with Crippen molar-refractivity contribution < 1.29 is 18.7 Å². The zero-order chi connectivity index (χ0) is 23.0. The third-order valence-corrected chi connectivity index (χ3v) is 5.42. The molecular formula is C22H20F2N4O4. The van der Waals surface area contributed by atoms with Gasteiger partial charge in [-0.3, -0.25) is 14.4 Å². The molecule has 1 aliphatic heterocycles. The zero-order valence-electron chi connectivity index (χ0n) is 17.1. The van der Waals surface area contributed by atoms with Crippen LogP contribution in [0.15, 0.2) is 46.0 Å². The summed E-state index contributed by atoms with van der Waals surface area (Å²) in [6, 6.07) is 7.18. The highest BCUT2D eigenvalue weighted by atomic mass is 19.1. The Bertz CT molecular complexity index is 1260. The molecule has 0 aliphatic carbocycles. The van der Waals surface area contributed by atoms with E-state index in [2.05, 4.69) is 15.5 Å². The second-order valence-corrected chi connectivity index (χ2v) is 7.58. The lowest BCUT2D eigenvalue weighted by molar-refractivity contribution is 0.0661. The second kappa shape index (κ2) is 8.39. The van der Waals surface area contributed by atoms with Crippen LogP contribution in [0, 0.1) is 11.6 Å². The van der Waals surface area contributed by atoms with E-state index in [1.54, 1.807) is 4.90 Å². The van der Waals surface area contributed by atoms with Crippen LogP contribution >= 0.6 is 0 Å². The Morgan fingerprint density at radius 2 is 1.56 bits per heavy atom. The highest BCUT2D eigenvalue weighted by molar-refractivity contribution is 5.99. The Labute approximate surface area is 181 Å². The number of piperazine rings is 1. The van der Waals surface area contributed by atoms with Gasteiger partial charge in [-0.25, -0.2) is 8.78 Å². The van der Waals surface area contributed by atoms with Crippen LogP contribution < -0.4 is 21.5 Å². The predicted molar refractivity (Wildman–Crippen MR) is 116 cm³/mol. The molecule has 3 aromatic carbocycles. The molecule has 0 aromatic heterocycles. The van der Waals surface area contributed by atoms with Crippen molar-refractivity contribution in [2.45, 2.75) is 0 Å². The van der Waals surface area contributed by atoms with Crippen molar-refractivity contribution in [1.29, 1.82) is 0 Å².